The highest BCUT2D eigenvalue weighted by Crippen LogP contribution is 2.20. The standard InChI is InChI=1S/C21H24FN3O2/c1-15(2)16-7-9-17(10-8-16)23-20(26)21(27)25-13-11-24(12-14-25)19-6-4-3-5-18(19)22/h3-10,15H,11-14H2,1-2H3,(H,23,26). The zero-order valence-corrected chi connectivity index (χ0v) is 15.6. The number of rotatable bonds is 3. The van der Waals surface area contributed by atoms with E-state index < -0.39 is 11.8 Å². The Morgan fingerprint density at radius 3 is 2.19 bits per heavy atom. The highest BCUT2D eigenvalue weighted by molar-refractivity contribution is 6.39. The van der Waals surface area contributed by atoms with E-state index in [4.69, 9.17) is 0 Å². The van der Waals surface area contributed by atoms with E-state index in [9.17, 15) is 14.0 Å². The number of anilines is 2. The molecule has 0 unspecified atom stereocenters. The fourth-order valence-electron chi connectivity index (χ4n) is 3.14. The molecule has 142 valence electrons. The molecule has 0 saturated carbocycles. The van der Waals surface area contributed by atoms with Gasteiger partial charge in [-0.2, -0.15) is 0 Å². The van der Waals surface area contributed by atoms with Gasteiger partial charge >= 0.3 is 11.8 Å². The van der Waals surface area contributed by atoms with Crippen LogP contribution in [0.2, 0.25) is 0 Å². The molecule has 1 aliphatic rings. The zero-order chi connectivity index (χ0) is 19.4. The normalized spacial score (nSPS) is 14.4. The summed E-state index contributed by atoms with van der Waals surface area (Å²) < 4.78 is 13.9. The Morgan fingerprint density at radius 2 is 1.59 bits per heavy atom. The predicted molar refractivity (Wildman–Crippen MR) is 104 cm³/mol. The molecule has 0 spiro atoms. The molecule has 0 atom stereocenters. The molecular formula is C21H24FN3O2. The van der Waals surface area contributed by atoms with E-state index in [0.717, 1.165) is 0 Å². The largest absolute Gasteiger partial charge is 0.366 e. The minimum atomic E-state index is -0.647. The van der Waals surface area contributed by atoms with Gasteiger partial charge < -0.3 is 15.1 Å². The Labute approximate surface area is 158 Å². The second-order valence-electron chi connectivity index (χ2n) is 6.96. The molecule has 1 aliphatic heterocycles. The van der Waals surface area contributed by atoms with E-state index in [1.165, 1.54) is 16.5 Å². The van der Waals surface area contributed by atoms with Crippen molar-refractivity contribution >= 4 is 23.2 Å². The minimum Gasteiger partial charge on any atom is -0.366 e. The van der Waals surface area contributed by atoms with Crippen molar-refractivity contribution in [2.24, 2.45) is 0 Å². The average Bonchev–Trinajstić information content (AvgIpc) is 2.68. The lowest BCUT2D eigenvalue weighted by Gasteiger charge is -2.35. The van der Waals surface area contributed by atoms with Gasteiger partial charge in [0.25, 0.3) is 0 Å². The van der Waals surface area contributed by atoms with Crippen LogP contribution in [0.3, 0.4) is 0 Å². The summed E-state index contributed by atoms with van der Waals surface area (Å²) in [4.78, 5) is 28.1. The molecular weight excluding hydrogens is 345 g/mol. The van der Waals surface area contributed by atoms with Gasteiger partial charge in [-0.05, 0) is 35.7 Å². The first-order valence-corrected chi connectivity index (χ1v) is 9.15. The summed E-state index contributed by atoms with van der Waals surface area (Å²) in [5.74, 6) is -1.08. The van der Waals surface area contributed by atoms with Gasteiger partial charge in [-0.25, -0.2) is 4.39 Å². The number of para-hydroxylation sites is 1. The fraction of sp³-hybridized carbons (Fsp3) is 0.333. The van der Waals surface area contributed by atoms with Crippen molar-refractivity contribution < 1.29 is 14.0 Å². The van der Waals surface area contributed by atoms with Crippen LogP contribution in [0.1, 0.15) is 25.3 Å². The number of hydrogen-bond acceptors (Lipinski definition) is 3. The summed E-state index contributed by atoms with van der Waals surface area (Å²) >= 11 is 0. The smallest absolute Gasteiger partial charge is 0.313 e. The number of nitrogens with one attached hydrogen (secondary N) is 1. The maximum atomic E-state index is 13.9. The van der Waals surface area contributed by atoms with Gasteiger partial charge in [-0.1, -0.05) is 38.1 Å². The van der Waals surface area contributed by atoms with Gasteiger partial charge in [0, 0.05) is 31.9 Å². The van der Waals surface area contributed by atoms with E-state index in [2.05, 4.69) is 19.2 Å². The molecule has 0 radical (unpaired) electrons. The number of nitrogens with zero attached hydrogens (tertiary/aromatic N) is 2. The number of hydrogen-bond donors (Lipinski definition) is 1. The van der Waals surface area contributed by atoms with Crippen LogP contribution in [0.25, 0.3) is 0 Å². The molecule has 2 aromatic rings. The topological polar surface area (TPSA) is 52.7 Å². The molecule has 3 rings (SSSR count). The SMILES string of the molecule is CC(C)c1ccc(NC(=O)C(=O)N2CCN(c3ccccc3F)CC2)cc1. The highest BCUT2D eigenvalue weighted by atomic mass is 19.1. The van der Waals surface area contributed by atoms with Gasteiger partial charge in [0.15, 0.2) is 0 Å². The third-order valence-corrected chi connectivity index (χ3v) is 4.79. The molecule has 5 nitrogen and oxygen atoms in total. The van der Waals surface area contributed by atoms with Crippen molar-refractivity contribution in [3.05, 3.63) is 59.9 Å². The number of amides is 2. The summed E-state index contributed by atoms with van der Waals surface area (Å²) in [6.45, 7) is 5.93. The van der Waals surface area contributed by atoms with Crippen LogP contribution in [0.5, 0.6) is 0 Å². The van der Waals surface area contributed by atoms with Crippen molar-refractivity contribution in [1.82, 2.24) is 4.90 Å². The molecule has 0 aliphatic carbocycles. The quantitative estimate of drug-likeness (QED) is 0.845. The first-order valence-electron chi connectivity index (χ1n) is 9.15. The summed E-state index contributed by atoms with van der Waals surface area (Å²) in [7, 11) is 0. The molecule has 2 aromatic carbocycles. The van der Waals surface area contributed by atoms with Crippen molar-refractivity contribution in [3.63, 3.8) is 0 Å². The lowest BCUT2D eigenvalue weighted by atomic mass is 10.0. The third-order valence-electron chi connectivity index (χ3n) is 4.79. The molecule has 1 heterocycles. The van der Waals surface area contributed by atoms with Crippen LogP contribution in [0, 0.1) is 5.82 Å². The molecule has 1 fully saturated rings. The highest BCUT2D eigenvalue weighted by Gasteiger charge is 2.27. The zero-order valence-electron chi connectivity index (χ0n) is 15.6. The first-order chi connectivity index (χ1) is 13.0. The Bertz CT molecular complexity index is 812. The molecule has 0 bridgehead atoms. The molecule has 0 aromatic heterocycles. The van der Waals surface area contributed by atoms with Crippen molar-refractivity contribution in [1.29, 1.82) is 0 Å². The third kappa shape index (κ3) is 4.45. The van der Waals surface area contributed by atoms with E-state index in [1.807, 2.05) is 17.0 Å². The minimum absolute atomic E-state index is 0.278. The van der Waals surface area contributed by atoms with Crippen molar-refractivity contribution in [2.45, 2.75) is 19.8 Å². The first kappa shape index (κ1) is 18.9. The predicted octanol–water partition coefficient (Wildman–Crippen LogP) is 3.24. The fourth-order valence-corrected chi connectivity index (χ4v) is 3.14. The Morgan fingerprint density at radius 1 is 0.963 bits per heavy atom. The van der Waals surface area contributed by atoms with E-state index in [1.54, 1.807) is 30.3 Å². The van der Waals surface area contributed by atoms with Gasteiger partial charge in [0.1, 0.15) is 5.82 Å². The van der Waals surface area contributed by atoms with Gasteiger partial charge in [-0.15, -0.1) is 0 Å². The Hall–Kier alpha value is -2.89. The number of halogens is 1. The molecule has 27 heavy (non-hydrogen) atoms. The lowest BCUT2D eigenvalue weighted by molar-refractivity contribution is -0.143. The average molecular weight is 369 g/mol. The van der Waals surface area contributed by atoms with Crippen LogP contribution in [-0.4, -0.2) is 42.9 Å². The summed E-state index contributed by atoms with van der Waals surface area (Å²) in [6, 6.07) is 14.1. The molecule has 2 amide bonds. The van der Waals surface area contributed by atoms with Gasteiger partial charge in [0.2, 0.25) is 0 Å². The van der Waals surface area contributed by atoms with Crippen molar-refractivity contribution in [3.8, 4) is 0 Å². The summed E-state index contributed by atoms with van der Waals surface area (Å²) in [5, 5.41) is 2.65. The molecule has 6 heteroatoms. The van der Waals surface area contributed by atoms with E-state index >= 15 is 0 Å². The second kappa shape index (κ2) is 8.20. The summed E-state index contributed by atoms with van der Waals surface area (Å²) in [5.41, 5.74) is 2.30. The van der Waals surface area contributed by atoms with Crippen LogP contribution in [-0.2, 0) is 9.59 Å². The monoisotopic (exact) mass is 369 g/mol. The Balaban J connectivity index is 1.55. The summed E-state index contributed by atoms with van der Waals surface area (Å²) in [6.07, 6.45) is 0. The maximum Gasteiger partial charge on any atom is 0.313 e. The van der Waals surface area contributed by atoms with Crippen LogP contribution >= 0.6 is 0 Å². The number of piperazine rings is 1. The number of benzene rings is 2. The molecule has 1 saturated heterocycles. The number of carbonyl (C=O) groups excluding carboxylic acids is 2. The van der Waals surface area contributed by atoms with E-state index in [-0.39, 0.29) is 5.82 Å². The van der Waals surface area contributed by atoms with Crippen molar-refractivity contribution in [2.75, 3.05) is 36.4 Å². The van der Waals surface area contributed by atoms with Gasteiger partial charge in [-0.3, -0.25) is 9.59 Å². The Kier molecular flexibility index (Phi) is 5.74. The van der Waals surface area contributed by atoms with Gasteiger partial charge in [0.05, 0.1) is 5.69 Å². The second-order valence-corrected chi connectivity index (χ2v) is 6.96. The van der Waals surface area contributed by atoms with E-state index in [0.29, 0.717) is 43.5 Å². The van der Waals surface area contributed by atoms with Crippen LogP contribution < -0.4 is 10.2 Å². The number of carbonyl (C=O) groups is 2. The lowest BCUT2D eigenvalue weighted by Crippen LogP contribution is -2.51. The maximum absolute atomic E-state index is 13.9. The van der Waals surface area contributed by atoms with Crippen LogP contribution in [0.15, 0.2) is 48.5 Å². The van der Waals surface area contributed by atoms with Crippen LogP contribution in [0.4, 0.5) is 15.8 Å². The molecule has 1 N–H and O–H groups in total.